The number of fused-ring (bicyclic) bond motifs is 1. The zero-order valence-electron chi connectivity index (χ0n) is 20.6. The van der Waals surface area contributed by atoms with E-state index in [1.54, 1.807) is 27.7 Å². The summed E-state index contributed by atoms with van der Waals surface area (Å²) < 4.78 is 10.7. The van der Waals surface area contributed by atoms with E-state index in [0.29, 0.717) is 19.3 Å². The molecule has 0 bridgehead atoms. The Balaban J connectivity index is 1.70. The summed E-state index contributed by atoms with van der Waals surface area (Å²) in [6.45, 7) is 6.89. The van der Waals surface area contributed by atoms with Crippen molar-refractivity contribution in [1.29, 1.82) is 0 Å². The molecule has 0 aliphatic carbocycles. The minimum absolute atomic E-state index is 0.235. The molecule has 0 amide bonds. The Morgan fingerprint density at radius 3 is 2.40 bits per heavy atom. The van der Waals surface area contributed by atoms with Gasteiger partial charge in [0.2, 0.25) is 0 Å². The largest absolute Gasteiger partial charge is 0.510 e. The van der Waals surface area contributed by atoms with Crippen molar-refractivity contribution in [2.24, 2.45) is 0 Å². The molecule has 0 aromatic heterocycles. The minimum atomic E-state index is -1.01. The molecule has 4 atom stereocenters. The molecule has 1 aliphatic heterocycles. The fraction of sp³-hybridized carbons (Fsp3) is 0.444. The predicted molar refractivity (Wildman–Crippen MR) is 131 cm³/mol. The number of hydrogen-bond acceptors (Lipinski definition) is 7. The zero-order valence-corrected chi connectivity index (χ0v) is 20.6. The lowest BCUT2D eigenvalue weighted by Gasteiger charge is -2.34. The maximum atomic E-state index is 13.5. The first-order chi connectivity index (χ1) is 16.5. The van der Waals surface area contributed by atoms with Crippen LogP contribution in [-0.2, 0) is 31.9 Å². The SMILES string of the molecule is C[C@H](NC(CCc1ccccc1)C(=O)O)C(=O)C1NC(OC(=O)OC(C)(C)C)Cc2ccccc21. The lowest BCUT2D eigenvalue weighted by molar-refractivity contribution is -0.140. The Labute approximate surface area is 206 Å². The first-order valence-electron chi connectivity index (χ1n) is 11.8. The van der Waals surface area contributed by atoms with Crippen LogP contribution in [0.3, 0.4) is 0 Å². The molecule has 188 valence electrons. The number of carbonyl (C=O) groups is 3. The number of aryl methyl sites for hydroxylation is 1. The number of Topliss-reactive ketones (excluding diaryl/α,β-unsaturated/α-hetero) is 1. The van der Waals surface area contributed by atoms with Gasteiger partial charge in [-0.25, -0.2) is 4.79 Å². The van der Waals surface area contributed by atoms with Gasteiger partial charge in [-0.05, 0) is 57.2 Å². The van der Waals surface area contributed by atoms with Crippen LogP contribution < -0.4 is 10.6 Å². The number of carbonyl (C=O) groups excluding carboxylic acids is 2. The average Bonchev–Trinajstić information content (AvgIpc) is 2.79. The smallest absolute Gasteiger partial charge is 0.480 e. The molecule has 0 radical (unpaired) electrons. The third kappa shape index (κ3) is 7.63. The number of carboxylic acid groups (broad SMARTS) is 1. The topological polar surface area (TPSA) is 114 Å². The predicted octanol–water partition coefficient (Wildman–Crippen LogP) is 3.78. The van der Waals surface area contributed by atoms with Gasteiger partial charge in [0.25, 0.3) is 0 Å². The lowest BCUT2D eigenvalue weighted by Crippen LogP contribution is -2.52. The van der Waals surface area contributed by atoms with Gasteiger partial charge >= 0.3 is 12.1 Å². The van der Waals surface area contributed by atoms with Gasteiger partial charge in [0, 0.05) is 6.42 Å². The molecule has 8 nitrogen and oxygen atoms in total. The van der Waals surface area contributed by atoms with Gasteiger partial charge in [-0.15, -0.1) is 0 Å². The van der Waals surface area contributed by atoms with E-state index in [9.17, 15) is 19.5 Å². The quantitative estimate of drug-likeness (QED) is 0.463. The number of carboxylic acids is 1. The van der Waals surface area contributed by atoms with Crippen molar-refractivity contribution in [3.05, 3.63) is 71.3 Å². The Hall–Kier alpha value is -3.23. The van der Waals surface area contributed by atoms with E-state index in [0.717, 1.165) is 16.7 Å². The summed E-state index contributed by atoms with van der Waals surface area (Å²) in [6, 6.07) is 14.7. The highest BCUT2D eigenvalue weighted by Crippen LogP contribution is 2.28. The molecule has 0 fully saturated rings. The highest BCUT2D eigenvalue weighted by molar-refractivity contribution is 5.91. The first kappa shape index (κ1) is 26.4. The zero-order chi connectivity index (χ0) is 25.6. The van der Waals surface area contributed by atoms with Gasteiger partial charge in [0.05, 0.1) is 12.1 Å². The summed E-state index contributed by atoms with van der Waals surface area (Å²) >= 11 is 0. The molecular weight excluding hydrogens is 448 g/mol. The standard InChI is InChI=1S/C27H34N2O6/c1-17(28-21(25(31)32)15-14-18-10-6-5-7-11-18)24(30)23-20-13-9-8-12-19(20)16-22(29-23)34-26(33)35-27(2,3)4/h5-13,17,21-23,28-29H,14-16H2,1-4H3,(H,31,32)/t17-,21?,22?,23?/m0/s1. The molecule has 2 aromatic carbocycles. The van der Waals surface area contributed by atoms with Crippen molar-refractivity contribution in [2.75, 3.05) is 0 Å². The van der Waals surface area contributed by atoms with Crippen molar-refractivity contribution in [3.8, 4) is 0 Å². The second-order valence-corrected chi connectivity index (χ2v) is 9.78. The van der Waals surface area contributed by atoms with Crippen LogP contribution in [0.25, 0.3) is 0 Å². The number of rotatable bonds is 9. The fourth-order valence-corrected chi connectivity index (χ4v) is 4.11. The van der Waals surface area contributed by atoms with Crippen LogP contribution in [0, 0.1) is 0 Å². The molecule has 0 saturated carbocycles. The highest BCUT2D eigenvalue weighted by Gasteiger charge is 2.36. The summed E-state index contributed by atoms with van der Waals surface area (Å²) in [4.78, 5) is 37.6. The van der Waals surface area contributed by atoms with Gasteiger partial charge in [0.1, 0.15) is 11.6 Å². The molecule has 0 saturated heterocycles. The highest BCUT2D eigenvalue weighted by atomic mass is 16.7. The van der Waals surface area contributed by atoms with Gasteiger partial charge < -0.3 is 14.6 Å². The molecule has 3 N–H and O–H groups in total. The maximum Gasteiger partial charge on any atom is 0.510 e. The number of ether oxygens (including phenoxy) is 2. The van der Waals surface area contributed by atoms with Crippen molar-refractivity contribution in [1.82, 2.24) is 10.6 Å². The third-order valence-electron chi connectivity index (χ3n) is 5.78. The second kappa shape index (κ2) is 11.5. The van der Waals surface area contributed by atoms with Gasteiger partial charge in [-0.1, -0.05) is 54.6 Å². The van der Waals surface area contributed by atoms with E-state index in [1.165, 1.54) is 0 Å². The van der Waals surface area contributed by atoms with Gasteiger partial charge in [-0.2, -0.15) is 0 Å². The molecule has 0 spiro atoms. The van der Waals surface area contributed by atoms with Crippen LogP contribution in [0.2, 0.25) is 0 Å². The summed E-state index contributed by atoms with van der Waals surface area (Å²) in [5.74, 6) is -1.25. The van der Waals surface area contributed by atoms with Crippen LogP contribution >= 0.6 is 0 Å². The van der Waals surface area contributed by atoms with E-state index in [2.05, 4.69) is 10.6 Å². The van der Waals surface area contributed by atoms with Crippen LogP contribution in [0.15, 0.2) is 54.6 Å². The number of hydrogen-bond donors (Lipinski definition) is 3. The first-order valence-corrected chi connectivity index (χ1v) is 11.8. The molecule has 1 heterocycles. The molecule has 3 rings (SSSR count). The number of aliphatic carboxylic acids is 1. The maximum absolute atomic E-state index is 13.5. The monoisotopic (exact) mass is 482 g/mol. The number of nitrogens with one attached hydrogen (secondary N) is 2. The van der Waals surface area contributed by atoms with Crippen LogP contribution in [0.5, 0.6) is 0 Å². The molecule has 1 aliphatic rings. The molecule has 8 heteroatoms. The summed E-state index contributed by atoms with van der Waals surface area (Å²) in [6.07, 6.45) is -0.277. The van der Waals surface area contributed by atoms with E-state index < -0.39 is 42.1 Å². The van der Waals surface area contributed by atoms with Crippen LogP contribution in [-0.4, -0.2) is 46.9 Å². The number of benzene rings is 2. The van der Waals surface area contributed by atoms with Crippen molar-refractivity contribution < 1.29 is 29.0 Å². The van der Waals surface area contributed by atoms with E-state index in [1.807, 2.05) is 54.6 Å². The van der Waals surface area contributed by atoms with Crippen molar-refractivity contribution in [3.63, 3.8) is 0 Å². The van der Waals surface area contributed by atoms with Crippen molar-refractivity contribution in [2.45, 2.75) is 76.9 Å². The average molecular weight is 483 g/mol. The number of ketones is 1. The lowest BCUT2D eigenvalue weighted by atomic mass is 9.89. The van der Waals surface area contributed by atoms with Crippen LogP contribution in [0.4, 0.5) is 4.79 Å². The minimum Gasteiger partial charge on any atom is -0.480 e. The molecular formula is C27H34N2O6. The van der Waals surface area contributed by atoms with E-state index in [-0.39, 0.29) is 5.78 Å². The fourth-order valence-electron chi connectivity index (χ4n) is 4.11. The Bertz CT molecular complexity index is 1030. The summed E-state index contributed by atoms with van der Waals surface area (Å²) in [5.41, 5.74) is 1.99. The Morgan fingerprint density at radius 2 is 1.74 bits per heavy atom. The summed E-state index contributed by atoms with van der Waals surface area (Å²) in [5, 5.41) is 15.8. The second-order valence-electron chi connectivity index (χ2n) is 9.78. The van der Waals surface area contributed by atoms with Gasteiger partial charge in [0.15, 0.2) is 12.0 Å². The Kier molecular flexibility index (Phi) is 8.64. The molecule has 2 aromatic rings. The third-order valence-corrected chi connectivity index (χ3v) is 5.78. The van der Waals surface area contributed by atoms with Crippen molar-refractivity contribution >= 4 is 17.9 Å². The molecule has 3 unspecified atom stereocenters. The van der Waals surface area contributed by atoms with E-state index in [4.69, 9.17) is 9.47 Å². The van der Waals surface area contributed by atoms with Gasteiger partial charge in [-0.3, -0.25) is 20.2 Å². The molecule has 35 heavy (non-hydrogen) atoms. The van der Waals surface area contributed by atoms with E-state index >= 15 is 0 Å². The Morgan fingerprint density at radius 1 is 1.09 bits per heavy atom. The summed E-state index contributed by atoms with van der Waals surface area (Å²) in [7, 11) is 0. The normalized spacial score (nSPS) is 19.2. The van der Waals surface area contributed by atoms with Crippen LogP contribution in [0.1, 0.15) is 56.8 Å².